The number of halogens is 1. The van der Waals surface area contributed by atoms with Gasteiger partial charge in [-0.3, -0.25) is 29.5 Å². The number of carbonyl (C=O) groups is 1. The Hall–Kier alpha value is -8.64. The molecule has 0 fully saturated rings. The summed E-state index contributed by atoms with van der Waals surface area (Å²) in [6, 6.07) is 14.3. The van der Waals surface area contributed by atoms with Crippen LogP contribution in [-0.2, 0) is 65.4 Å². The normalized spacial score (nSPS) is 13.2. The molecule has 0 bridgehead atoms. The molecule has 546 valence electrons. The van der Waals surface area contributed by atoms with Crippen LogP contribution in [0.4, 0.5) is 5.82 Å². The van der Waals surface area contributed by atoms with Crippen LogP contribution in [0.1, 0.15) is 270 Å². The minimum atomic E-state index is -0.221. The van der Waals surface area contributed by atoms with E-state index in [1.165, 1.54) is 34.7 Å². The van der Waals surface area contributed by atoms with E-state index in [0.29, 0.717) is 17.9 Å². The van der Waals surface area contributed by atoms with Crippen molar-refractivity contribution in [3.05, 3.63) is 187 Å². The molecule has 0 atom stereocenters. The molecule has 11 aromatic rings. The van der Waals surface area contributed by atoms with Crippen LogP contribution in [0, 0.1) is 0 Å². The fourth-order valence-electron chi connectivity index (χ4n) is 11.6. The predicted molar refractivity (Wildman–Crippen MR) is 430 cm³/mol. The number of Topliss-reactive ketones (excluding diaryl/α,β-unsaturated/α-hetero) is 1. The highest BCUT2D eigenvalue weighted by Crippen LogP contribution is 2.39. The minimum absolute atomic E-state index is 0.00614. The zero-order valence-corrected chi connectivity index (χ0v) is 68.7. The number of H-pyrrole nitrogens is 1. The summed E-state index contributed by atoms with van der Waals surface area (Å²) in [7, 11) is 0. The largest absolute Gasteiger partial charge is 0.304 e. The van der Waals surface area contributed by atoms with Crippen molar-refractivity contribution in [1.82, 2.24) is 69.8 Å². The van der Waals surface area contributed by atoms with E-state index < -0.39 is 0 Å². The summed E-state index contributed by atoms with van der Waals surface area (Å²) < 4.78 is 1.02. The van der Waals surface area contributed by atoms with E-state index in [4.69, 9.17) is 4.98 Å². The second-order valence-electron chi connectivity index (χ2n) is 36.9. The number of aromatic nitrogens is 14. The number of carbonyl (C=O) groups excluding carboxylic acids is 1. The number of hydrogen-bond acceptors (Lipinski definition) is 16. The van der Waals surface area contributed by atoms with Crippen LogP contribution in [-0.4, -0.2) is 81.8 Å². The highest BCUT2D eigenvalue weighted by atomic mass is 79.9. The van der Waals surface area contributed by atoms with E-state index in [2.05, 4.69) is 318 Å². The standard InChI is InChI=1S/C16H21BrN2.C16H22N2.2C15H21N3.C12H14N2O.C11H13N3O/c1-15(2,3)11-7-8-18-13-10(11)9-19-14(12(13)17)16(4,5)6;1-15(2,3)12-7-8-17-13-9-14(16(4,5)6)18-10-11(12)13;1-14(2,3)11-7-8-16-12-10(11)9-17-13(18-12)15(4,5)6;1-14(2,3)10-7-8-16-13-12(10)18-11(9-17-13)15(4,5)6;1-12(2,3)10-4-5-13-11-9(10)6-8(15)7-14-11;1-11(2,3)7-4-5-12-10-9(7)13-6-8(15)14-10/h7-9H,1-6H3;7-10H,1-6H3;2*7-9H,1-6H3;4-5,7H,6H2,1-3H3;4-6H,1-3H3,(H,12,14,15). The van der Waals surface area contributed by atoms with Crippen LogP contribution >= 0.6 is 15.9 Å². The van der Waals surface area contributed by atoms with Gasteiger partial charge in [-0.25, -0.2) is 49.8 Å². The summed E-state index contributed by atoms with van der Waals surface area (Å²) in [6.07, 6.45) is 21.7. The number of pyridine rings is 8. The topological polar surface area (TPSA) is 230 Å². The second-order valence-corrected chi connectivity index (χ2v) is 37.7. The Bertz CT molecular complexity index is 4840. The Kier molecular flexibility index (Phi) is 24.2. The van der Waals surface area contributed by atoms with E-state index >= 15 is 0 Å². The molecule has 12 rings (SSSR count). The highest BCUT2D eigenvalue weighted by molar-refractivity contribution is 9.10. The van der Waals surface area contributed by atoms with Crippen LogP contribution in [0.5, 0.6) is 0 Å². The van der Waals surface area contributed by atoms with Gasteiger partial charge in [0.2, 0.25) is 0 Å². The summed E-state index contributed by atoms with van der Waals surface area (Å²) in [5.74, 6) is 1.59. The average molecular weight is 1460 g/mol. The molecular weight excluding hydrogens is 1340 g/mol. The van der Waals surface area contributed by atoms with Gasteiger partial charge < -0.3 is 4.98 Å². The summed E-state index contributed by atoms with van der Waals surface area (Å²) in [5.41, 5.74) is 17.4. The van der Waals surface area contributed by atoms with Crippen molar-refractivity contribution < 1.29 is 4.79 Å². The molecule has 0 unspecified atom stereocenters. The van der Waals surface area contributed by atoms with Gasteiger partial charge in [0.15, 0.2) is 28.5 Å². The maximum absolute atomic E-state index is 11.3. The lowest BCUT2D eigenvalue weighted by atomic mass is 9.82. The molecular formula is C85H112BrN15O2. The number of aromatic amines is 1. The van der Waals surface area contributed by atoms with Crippen LogP contribution in [0.3, 0.4) is 0 Å². The second kappa shape index (κ2) is 30.6. The maximum atomic E-state index is 11.3. The number of fused-ring (bicyclic) bond motifs is 6. The smallest absolute Gasteiger partial charge is 0.268 e. The van der Waals surface area contributed by atoms with Crippen molar-refractivity contribution in [3.63, 3.8) is 0 Å². The molecule has 12 heterocycles. The molecule has 0 spiro atoms. The molecule has 0 saturated heterocycles. The zero-order valence-electron chi connectivity index (χ0n) is 67.1. The molecule has 18 heteroatoms. The first kappa shape index (κ1) is 81.7. The lowest BCUT2D eigenvalue weighted by Crippen LogP contribution is -2.19. The molecule has 0 radical (unpaired) electrons. The molecule has 1 aliphatic heterocycles. The number of aliphatic imine (C=N–C) groups is 1. The summed E-state index contributed by atoms with van der Waals surface area (Å²) in [6.45, 7) is 65.0. The van der Waals surface area contributed by atoms with Gasteiger partial charge in [0.1, 0.15) is 16.9 Å². The van der Waals surface area contributed by atoms with Gasteiger partial charge >= 0.3 is 0 Å². The van der Waals surface area contributed by atoms with Gasteiger partial charge in [0.05, 0.1) is 45.5 Å². The molecule has 0 aliphatic carbocycles. The van der Waals surface area contributed by atoms with Gasteiger partial charge in [0, 0.05) is 111 Å². The molecule has 11 aromatic heterocycles. The van der Waals surface area contributed by atoms with Crippen molar-refractivity contribution in [2.24, 2.45) is 4.99 Å². The molecule has 0 saturated carbocycles. The Labute approximate surface area is 620 Å². The maximum Gasteiger partial charge on any atom is 0.268 e. The third kappa shape index (κ3) is 20.8. The lowest BCUT2D eigenvalue weighted by Gasteiger charge is -2.24. The van der Waals surface area contributed by atoms with Crippen molar-refractivity contribution in [2.45, 2.75) is 268 Å². The van der Waals surface area contributed by atoms with E-state index in [9.17, 15) is 9.59 Å². The first-order chi connectivity index (χ1) is 47.2. The van der Waals surface area contributed by atoms with Crippen molar-refractivity contribution in [1.29, 1.82) is 0 Å². The lowest BCUT2D eigenvalue weighted by molar-refractivity contribution is -0.112. The van der Waals surface area contributed by atoms with E-state index in [-0.39, 0.29) is 65.5 Å². The van der Waals surface area contributed by atoms with Gasteiger partial charge in [-0.2, -0.15) is 0 Å². The first-order valence-corrected chi connectivity index (χ1v) is 36.3. The third-order valence-electron chi connectivity index (χ3n) is 17.3. The van der Waals surface area contributed by atoms with Crippen LogP contribution in [0.2, 0.25) is 0 Å². The van der Waals surface area contributed by atoms with E-state index in [1.807, 2.05) is 67.8 Å². The third-order valence-corrected chi connectivity index (χ3v) is 18.0. The number of rotatable bonds is 0. The van der Waals surface area contributed by atoms with Gasteiger partial charge in [0.25, 0.3) is 5.56 Å². The van der Waals surface area contributed by atoms with E-state index in [0.717, 1.165) is 93.6 Å². The highest BCUT2D eigenvalue weighted by Gasteiger charge is 2.29. The van der Waals surface area contributed by atoms with Crippen LogP contribution in [0.25, 0.3) is 55.2 Å². The number of nitrogens with zero attached hydrogens (tertiary/aromatic N) is 14. The van der Waals surface area contributed by atoms with Crippen LogP contribution in [0.15, 0.2) is 125 Å². The summed E-state index contributed by atoms with van der Waals surface area (Å²) >= 11 is 3.69. The van der Waals surface area contributed by atoms with Crippen LogP contribution < -0.4 is 5.56 Å². The molecule has 0 amide bonds. The zero-order chi connectivity index (χ0) is 77.2. The van der Waals surface area contributed by atoms with E-state index in [1.54, 1.807) is 12.4 Å². The van der Waals surface area contributed by atoms with Crippen molar-refractivity contribution in [3.8, 4) is 0 Å². The SMILES string of the molecule is CC(C)(C)c1cc2nccc(C(C)(C)C)c2cn1.CC(C)(C)c1ccnc2[nH]c(=O)cnc12.CC(C)(C)c1ccnc2c1CC(=O)C=N2.CC(C)(C)c1cnc2nccc(C(C)(C)C)c2n1.CC(C)(C)c1ncc2c(C(C)(C)C)ccnc2c1Br.CC(C)(C)c1ncc2c(C(C)(C)C)ccnc2n1. The van der Waals surface area contributed by atoms with Gasteiger partial charge in [-0.05, 0) is 124 Å². The first-order valence-electron chi connectivity index (χ1n) is 35.5. The minimum Gasteiger partial charge on any atom is -0.304 e. The number of ketones is 1. The summed E-state index contributed by atoms with van der Waals surface area (Å²) in [4.78, 5) is 86.9. The number of nitrogens with one attached hydrogen (secondary N) is 1. The molecule has 1 N–H and O–H groups in total. The summed E-state index contributed by atoms with van der Waals surface area (Å²) in [5, 5.41) is 3.35. The molecule has 0 aromatic carbocycles. The Morgan fingerprint density at radius 2 is 0.825 bits per heavy atom. The van der Waals surface area contributed by atoms with Crippen molar-refractivity contribution >= 4 is 88.9 Å². The quantitative estimate of drug-likeness (QED) is 0.149. The Morgan fingerprint density at radius 1 is 0.359 bits per heavy atom. The fraction of sp³-hybridized carbons (Fsp3) is 0.482. The number of hydrogen-bond donors (Lipinski definition) is 1. The fourth-order valence-corrected chi connectivity index (χ4v) is 12.6. The van der Waals surface area contributed by atoms with Gasteiger partial charge in [-0.1, -0.05) is 208 Å². The average Bonchev–Trinajstić information content (AvgIpc) is 0.699. The Morgan fingerprint density at radius 3 is 1.37 bits per heavy atom. The predicted octanol–water partition coefficient (Wildman–Crippen LogP) is 20.3. The van der Waals surface area contributed by atoms with Gasteiger partial charge in [-0.15, -0.1) is 0 Å². The monoisotopic (exact) mass is 1450 g/mol. The molecule has 1 aliphatic rings. The Balaban J connectivity index is 0.000000173. The molecule has 103 heavy (non-hydrogen) atoms. The molecule has 17 nitrogen and oxygen atoms in total. The van der Waals surface area contributed by atoms with Crippen molar-refractivity contribution in [2.75, 3.05) is 0 Å².